The Morgan fingerprint density at radius 1 is 0.909 bits per heavy atom. The maximum absolute atomic E-state index is 12.7. The van der Waals surface area contributed by atoms with Gasteiger partial charge in [0.2, 0.25) is 0 Å². The smallest absolute Gasteiger partial charge is 0.408 e. The quantitative estimate of drug-likeness (QED) is 0.199. The fraction of sp³-hybridized carbons (Fsp3) is 0.167. The molecule has 9 heteroatoms. The molecule has 0 saturated heterocycles. The predicted molar refractivity (Wildman–Crippen MR) is 125 cm³/mol. The van der Waals surface area contributed by atoms with Gasteiger partial charge in [-0.25, -0.2) is 9.59 Å². The second kappa shape index (κ2) is 12.3. The van der Waals surface area contributed by atoms with Crippen LogP contribution in [0.1, 0.15) is 11.1 Å². The molecule has 0 radical (unpaired) electrons. The van der Waals surface area contributed by atoms with Gasteiger partial charge in [0.15, 0.2) is 0 Å². The minimum absolute atomic E-state index is 0.0634. The largest absolute Gasteiger partial charge is 0.445 e. The number of non-ortho nitro benzene ring substituents is 1. The van der Waals surface area contributed by atoms with Crippen LogP contribution in [0.15, 0.2) is 84.9 Å². The molecule has 8 nitrogen and oxygen atoms in total. The highest BCUT2D eigenvalue weighted by Gasteiger charge is 2.24. The molecule has 3 aromatic carbocycles. The van der Waals surface area contributed by atoms with Crippen LogP contribution in [0, 0.1) is 10.1 Å². The summed E-state index contributed by atoms with van der Waals surface area (Å²) in [5, 5.41) is 13.4. The summed E-state index contributed by atoms with van der Waals surface area (Å²) in [5.41, 5.74) is 1.78. The number of alkyl carbamates (subject to hydrolysis) is 1. The molecule has 0 aliphatic carbocycles. The van der Waals surface area contributed by atoms with Crippen molar-refractivity contribution < 1.29 is 24.0 Å². The number of hydrogen-bond acceptors (Lipinski definition) is 7. The number of nitro groups is 1. The SMILES string of the molecule is O=C(N[C@@H](CSCc1ccccc1)C(=O)Oc1ccc([N+](=O)[O-])cc1)OCc1ccccc1. The third-order valence-corrected chi connectivity index (χ3v) is 5.56. The van der Waals surface area contributed by atoms with Crippen molar-refractivity contribution in [1.29, 1.82) is 0 Å². The van der Waals surface area contributed by atoms with Crippen molar-refractivity contribution in [2.75, 3.05) is 5.75 Å². The van der Waals surface area contributed by atoms with Crippen molar-refractivity contribution in [3.63, 3.8) is 0 Å². The molecular formula is C24H22N2O6S. The molecule has 33 heavy (non-hydrogen) atoms. The van der Waals surface area contributed by atoms with Gasteiger partial charge in [-0.1, -0.05) is 60.7 Å². The summed E-state index contributed by atoms with van der Waals surface area (Å²) in [5.74, 6) is 0.341. The van der Waals surface area contributed by atoms with Gasteiger partial charge in [-0.2, -0.15) is 11.8 Å². The number of carbonyl (C=O) groups is 2. The minimum atomic E-state index is -0.975. The molecule has 1 amide bonds. The molecule has 0 aromatic heterocycles. The minimum Gasteiger partial charge on any atom is -0.445 e. The molecule has 0 saturated carbocycles. The van der Waals surface area contributed by atoms with E-state index >= 15 is 0 Å². The Morgan fingerprint density at radius 2 is 1.52 bits per heavy atom. The van der Waals surface area contributed by atoms with Crippen LogP contribution >= 0.6 is 11.8 Å². The van der Waals surface area contributed by atoms with Crippen LogP contribution in [0.25, 0.3) is 0 Å². The Labute approximate surface area is 195 Å². The molecule has 1 N–H and O–H groups in total. The van der Waals surface area contributed by atoms with E-state index in [2.05, 4.69) is 5.32 Å². The summed E-state index contributed by atoms with van der Waals surface area (Å²) < 4.78 is 10.6. The van der Waals surface area contributed by atoms with Gasteiger partial charge in [0.05, 0.1) is 4.92 Å². The Hall–Kier alpha value is -3.85. The van der Waals surface area contributed by atoms with Gasteiger partial charge in [0.1, 0.15) is 18.4 Å². The van der Waals surface area contributed by atoms with E-state index < -0.39 is 23.0 Å². The number of nitro benzene ring substituents is 1. The molecule has 0 aliphatic heterocycles. The molecule has 0 aliphatic rings. The number of benzene rings is 3. The Morgan fingerprint density at radius 3 is 2.12 bits per heavy atom. The molecule has 0 spiro atoms. The normalized spacial score (nSPS) is 11.3. The highest BCUT2D eigenvalue weighted by atomic mass is 32.2. The fourth-order valence-electron chi connectivity index (χ4n) is 2.77. The summed E-state index contributed by atoms with van der Waals surface area (Å²) >= 11 is 1.46. The van der Waals surface area contributed by atoms with Crippen LogP contribution in [0.2, 0.25) is 0 Å². The lowest BCUT2D eigenvalue weighted by atomic mass is 10.2. The maximum Gasteiger partial charge on any atom is 0.408 e. The van der Waals surface area contributed by atoms with E-state index in [1.807, 2.05) is 60.7 Å². The first-order valence-electron chi connectivity index (χ1n) is 10.1. The number of ether oxygens (including phenoxy) is 2. The maximum atomic E-state index is 12.7. The summed E-state index contributed by atoms with van der Waals surface area (Å²) in [4.78, 5) is 35.3. The third-order valence-electron chi connectivity index (χ3n) is 4.45. The van der Waals surface area contributed by atoms with E-state index in [0.717, 1.165) is 11.1 Å². The Kier molecular flexibility index (Phi) is 8.84. The van der Waals surface area contributed by atoms with Crippen molar-refractivity contribution in [3.05, 3.63) is 106 Å². The summed E-state index contributed by atoms with van der Waals surface area (Å²) in [6, 6.07) is 23.1. The standard InChI is InChI=1S/C24H22N2O6S/c27-23(32-21-13-11-20(12-14-21)26(29)30)22(17-33-16-19-9-5-2-6-10-19)25-24(28)31-15-18-7-3-1-4-8-18/h1-14,22H,15-17H2,(H,25,28)/t22-/m0/s1. The second-order valence-corrected chi connectivity index (χ2v) is 7.96. The zero-order valence-corrected chi connectivity index (χ0v) is 18.4. The number of hydrogen-bond donors (Lipinski definition) is 1. The van der Waals surface area contributed by atoms with E-state index in [-0.39, 0.29) is 23.8 Å². The first-order chi connectivity index (χ1) is 16.0. The second-order valence-electron chi connectivity index (χ2n) is 6.93. The predicted octanol–water partition coefficient (Wildman–Crippen LogP) is 4.73. The van der Waals surface area contributed by atoms with Crippen LogP contribution in [-0.2, 0) is 21.9 Å². The molecule has 0 bridgehead atoms. The molecule has 0 unspecified atom stereocenters. The van der Waals surface area contributed by atoms with E-state index in [9.17, 15) is 19.7 Å². The summed E-state index contributed by atoms with van der Waals surface area (Å²) in [6.45, 7) is 0.0634. The average molecular weight is 467 g/mol. The van der Waals surface area contributed by atoms with E-state index in [1.54, 1.807) is 0 Å². The van der Waals surface area contributed by atoms with E-state index in [1.165, 1.54) is 36.0 Å². The number of carbonyl (C=O) groups excluding carboxylic acids is 2. The summed E-state index contributed by atoms with van der Waals surface area (Å²) in [7, 11) is 0. The first-order valence-corrected chi connectivity index (χ1v) is 11.2. The number of amides is 1. The molecule has 3 rings (SSSR count). The number of rotatable bonds is 10. The lowest BCUT2D eigenvalue weighted by Crippen LogP contribution is -2.45. The van der Waals surface area contributed by atoms with Crippen molar-refractivity contribution in [2.24, 2.45) is 0 Å². The fourth-order valence-corrected chi connectivity index (χ4v) is 3.77. The average Bonchev–Trinajstić information content (AvgIpc) is 2.84. The lowest BCUT2D eigenvalue weighted by molar-refractivity contribution is -0.384. The summed E-state index contributed by atoms with van der Waals surface area (Å²) in [6.07, 6.45) is -0.746. The van der Waals surface area contributed by atoms with Crippen molar-refractivity contribution in [1.82, 2.24) is 5.32 Å². The Balaban J connectivity index is 1.60. The monoisotopic (exact) mass is 466 g/mol. The molecule has 170 valence electrons. The Bertz CT molecular complexity index is 1060. The van der Waals surface area contributed by atoms with Crippen LogP contribution < -0.4 is 10.1 Å². The zero-order valence-electron chi connectivity index (χ0n) is 17.6. The highest BCUT2D eigenvalue weighted by Crippen LogP contribution is 2.19. The molecule has 0 fully saturated rings. The first kappa shape index (κ1) is 23.8. The number of thioether (sulfide) groups is 1. The van der Waals surface area contributed by atoms with Gasteiger partial charge in [-0.15, -0.1) is 0 Å². The van der Waals surface area contributed by atoms with Crippen LogP contribution in [0.5, 0.6) is 5.75 Å². The molecule has 1 atom stereocenters. The topological polar surface area (TPSA) is 108 Å². The van der Waals surface area contributed by atoms with E-state index in [0.29, 0.717) is 5.75 Å². The molecule has 0 heterocycles. The van der Waals surface area contributed by atoms with Crippen molar-refractivity contribution in [2.45, 2.75) is 18.4 Å². The van der Waals surface area contributed by atoms with Crippen molar-refractivity contribution in [3.8, 4) is 5.75 Å². The number of esters is 1. The van der Waals surface area contributed by atoms with Gasteiger partial charge in [0.25, 0.3) is 5.69 Å². The number of nitrogens with one attached hydrogen (secondary N) is 1. The number of nitrogens with zero attached hydrogens (tertiary/aromatic N) is 1. The van der Waals surface area contributed by atoms with Gasteiger partial charge in [-0.05, 0) is 23.3 Å². The van der Waals surface area contributed by atoms with Gasteiger partial charge in [-0.3, -0.25) is 10.1 Å². The highest BCUT2D eigenvalue weighted by molar-refractivity contribution is 7.98. The van der Waals surface area contributed by atoms with Gasteiger partial charge < -0.3 is 14.8 Å². The van der Waals surface area contributed by atoms with Gasteiger partial charge in [0, 0.05) is 23.6 Å². The van der Waals surface area contributed by atoms with Crippen molar-refractivity contribution >= 4 is 29.5 Å². The lowest BCUT2D eigenvalue weighted by Gasteiger charge is -2.17. The zero-order chi connectivity index (χ0) is 23.5. The van der Waals surface area contributed by atoms with Gasteiger partial charge >= 0.3 is 12.1 Å². The molecule has 3 aromatic rings. The van der Waals surface area contributed by atoms with Crippen LogP contribution in [-0.4, -0.2) is 28.8 Å². The third kappa shape index (κ3) is 7.97. The molecular weight excluding hydrogens is 444 g/mol. The van der Waals surface area contributed by atoms with E-state index in [4.69, 9.17) is 9.47 Å². The van der Waals surface area contributed by atoms with Crippen LogP contribution in [0.3, 0.4) is 0 Å². The van der Waals surface area contributed by atoms with Crippen LogP contribution in [0.4, 0.5) is 10.5 Å².